The van der Waals surface area contributed by atoms with Crippen molar-refractivity contribution in [2.24, 2.45) is 0 Å². The summed E-state index contributed by atoms with van der Waals surface area (Å²) in [5, 5.41) is 6.16. The van der Waals surface area contributed by atoms with Gasteiger partial charge in [0.25, 0.3) is 0 Å². The second kappa shape index (κ2) is 26.8. The predicted octanol–water partition coefficient (Wildman–Crippen LogP) is 15.0. The van der Waals surface area contributed by atoms with Crippen LogP contribution in [0.2, 0.25) is 0 Å². The molecule has 0 bridgehead atoms. The number of rotatable bonds is 32. The van der Waals surface area contributed by atoms with Crippen molar-refractivity contribution in [3.63, 3.8) is 0 Å². The first-order valence-electron chi connectivity index (χ1n) is 22.8. The molecule has 0 aromatic heterocycles. The van der Waals surface area contributed by atoms with E-state index in [1.807, 2.05) is 6.07 Å². The van der Waals surface area contributed by atoms with E-state index in [2.05, 4.69) is 70.9 Å². The van der Waals surface area contributed by atoms with Crippen LogP contribution in [-0.4, -0.2) is 39.6 Å². The van der Waals surface area contributed by atoms with Crippen LogP contribution >= 0.6 is 0 Å². The number of unbranched alkanes of at least 4 members (excludes halogenated alkanes) is 15. The van der Waals surface area contributed by atoms with E-state index in [0.717, 1.165) is 125 Å². The van der Waals surface area contributed by atoms with E-state index in [9.17, 15) is 0 Å². The molecule has 0 fully saturated rings. The molecule has 0 heterocycles. The number of hydrogen-bond acceptors (Lipinski definition) is 6. The van der Waals surface area contributed by atoms with Gasteiger partial charge in [0.05, 0.1) is 33.0 Å². The molecule has 0 aliphatic heterocycles. The summed E-state index contributed by atoms with van der Waals surface area (Å²) in [4.78, 5) is 0. The van der Waals surface area contributed by atoms with E-state index in [1.165, 1.54) is 64.2 Å². The molecule has 0 aliphatic rings. The van der Waals surface area contributed by atoms with Crippen LogP contribution in [0.4, 0.5) is 0 Å². The maximum absolute atomic E-state index is 6.61. The first-order valence-corrected chi connectivity index (χ1v) is 22.8. The highest BCUT2D eigenvalue weighted by atomic mass is 16.5. The first kappa shape index (κ1) is 45.7. The first-order chi connectivity index (χ1) is 28.1. The molecule has 6 heteroatoms. The van der Waals surface area contributed by atoms with Gasteiger partial charge in [-0.05, 0) is 89.4 Å². The van der Waals surface area contributed by atoms with Gasteiger partial charge < -0.3 is 28.4 Å². The van der Waals surface area contributed by atoms with Crippen LogP contribution in [0.25, 0.3) is 32.3 Å². The zero-order valence-electron chi connectivity index (χ0n) is 36.4. The topological polar surface area (TPSA) is 55.4 Å². The van der Waals surface area contributed by atoms with Crippen molar-refractivity contribution in [3.05, 3.63) is 36.4 Å². The van der Waals surface area contributed by atoms with Crippen LogP contribution in [0, 0.1) is 12.3 Å². The van der Waals surface area contributed by atoms with Gasteiger partial charge in [-0.25, -0.2) is 0 Å². The van der Waals surface area contributed by atoms with Crippen molar-refractivity contribution in [3.8, 4) is 46.8 Å². The third-order valence-corrected chi connectivity index (χ3v) is 10.7. The molecule has 4 aromatic carbocycles. The molecular weight excluding hydrogens is 709 g/mol. The lowest BCUT2D eigenvalue weighted by molar-refractivity contribution is 0.259. The van der Waals surface area contributed by atoms with E-state index < -0.39 is 0 Å². The Morgan fingerprint density at radius 1 is 0.351 bits per heavy atom. The number of fused-ring (bicyclic) bond motifs is 6. The SMILES string of the molecule is C#CCOc1cc(OCCCCCC)cc2c3cc(OCCCCCC)c(OCCCCCC)cc3c3cc(OCCCCCC)c(OCCCCCC)cc3c12. The fraction of sp³-hybridized carbons (Fsp3) is 0.608. The van der Waals surface area contributed by atoms with Gasteiger partial charge in [-0.2, -0.15) is 0 Å². The van der Waals surface area contributed by atoms with Crippen LogP contribution in [0.15, 0.2) is 36.4 Å². The Kier molecular flexibility index (Phi) is 21.5. The summed E-state index contributed by atoms with van der Waals surface area (Å²) in [6.07, 6.45) is 28.4. The summed E-state index contributed by atoms with van der Waals surface area (Å²) < 4.78 is 39.3. The second-order valence-corrected chi connectivity index (χ2v) is 15.6. The molecule has 0 amide bonds. The van der Waals surface area contributed by atoms with Crippen molar-refractivity contribution < 1.29 is 28.4 Å². The second-order valence-electron chi connectivity index (χ2n) is 15.6. The molecule has 4 rings (SSSR count). The van der Waals surface area contributed by atoms with Crippen LogP contribution < -0.4 is 28.4 Å². The molecule has 0 aliphatic carbocycles. The number of hydrogen-bond donors (Lipinski definition) is 0. The van der Waals surface area contributed by atoms with Crippen LogP contribution in [0.1, 0.15) is 163 Å². The van der Waals surface area contributed by atoms with Gasteiger partial charge in [0.1, 0.15) is 18.1 Å². The van der Waals surface area contributed by atoms with Gasteiger partial charge in [0.2, 0.25) is 0 Å². The van der Waals surface area contributed by atoms with E-state index in [-0.39, 0.29) is 6.61 Å². The quantitative estimate of drug-likeness (QED) is 0.0279. The van der Waals surface area contributed by atoms with Crippen molar-refractivity contribution >= 4 is 32.3 Å². The van der Waals surface area contributed by atoms with E-state index >= 15 is 0 Å². The summed E-state index contributed by atoms with van der Waals surface area (Å²) in [6, 6.07) is 12.9. The van der Waals surface area contributed by atoms with Gasteiger partial charge in [-0.15, -0.1) is 6.42 Å². The molecule has 0 saturated heterocycles. The summed E-state index contributed by atoms with van der Waals surface area (Å²) in [7, 11) is 0. The third-order valence-electron chi connectivity index (χ3n) is 10.7. The average molecular weight is 783 g/mol. The average Bonchev–Trinajstić information content (AvgIpc) is 3.22. The van der Waals surface area contributed by atoms with Gasteiger partial charge in [-0.3, -0.25) is 0 Å². The Balaban J connectivity index is 1.97. The third kappa shape index (κ3) is 14.4. The van der Waals surface area contributed by atoms with Crippen LogP contribution in [0.3, 0.4) is 0 Å². The fourth-order valence-corrected chi connectivity index (χ4v) is 7.41. The number of ether oxygens (including phenoxy) is 6. The van der Waals surface area contributed by atoms with Crippen molar-refractivity contribution in [1.29, 1.82) is 0 Å². The predicted molar refractivity (Wildman–Crippen MR) is 241 cm³/mol. The molecule has 0 N–H and O–H groups in total. The Hall–Kier alpha value is -3.98. The Bertz CT molecular complexity index is 1740. The van der Waals surface area contributed by atoms with E-state index in [0.29, 0.717) is 38.8 Å². The minimum absolute atomic E-state index is 0.144. The maximum Gasteiger partial charge on any atom is 0.161 e. The zero-order chi connectivity index (χ0) is 40.5. The van der Waals surface area contributed by atoms with Crippen molar-refractivity contribution in [2.45, 2.75) is 163 Å². The smallest absolute Gasteiger partial charge is 0.161 e. The summed E-state index contributed by atoms with van der Waals surface area (Å²) in [6.45, 7) is 14.5. The Labute approximate surface area is 345 Å². The lowest BCUT2D eigenvalue weighted by atomic mass is 9.92. The minimum Gasteiger partial charge on any atom is -0.493 e. The molecule has 0 spiro atoms. The largest absolute Gasteiger partial charge is 0.493 e. The summed E-state index contributed by atoms with van der Waals surface area (Å²) in [5.74, 6) is 7.24. The van der Waals surface area contributed by atoms with Crippen LogP contribution in [0.5, 0.6) is 34.5 Å². The number of benzene rings is 4. The highest BCUT2D eigenvalue weighted by Gasteiger charge is 2.21. The molecule has 0 radical (unpaired) electrons. The Morgan fingerprint density at radius 3 is 1.05 bits per heavy atom. The molecular formula is C51H74O6. The molecule has 57 heavy (non-hydrogen) atoms. The molecule has 4 aromatic rings. The maximum atomic E-state index is 6.61. The lowest BCUT2D eigenvalue weighted by Gasteiger charge is -2.21. The van der Waals surface area contributed by atoms with Crippen molar-refractivity contribution in [2.75, 3.05) is 39.6 Å². The van der Waals surface area contributed by atoms with Gasteiger partial charge in [0.15, 0.2) is 23.0 Å². The van der Waals surface area contributed by atoms with E-state index in [4.69, 9.17) is 34.8 Å². The normalized spacial score (nSPS) is 11.3. The standard InChI is InChI=1S/C51H74O6/c1-7-13-18-23-29-52-40-34-44-42-37-47(55-31-25-20-15-9-3)46(54-30-24-19-14-8-2)36-41(42)43-38-48(56-32-26-21-16-10-4)49(57-33-27-22-17-11-5)39-45(43)51(44)50(35-40)53-28-12-6/h6,34-39H,7-11,13-33H2,1-5H3. The highest BCUT2D eigenvalue weighted by Crippen LogP contribution is 2.48. The molecule has 6 nitrogen and oxygen atoms in total. The summed E-state index contributed by atoms with van der Waals surface area (Å²) in [5.41, 5.74) is 0. The van der Waals surface area contributed by atoms with Gasteiger partial charge >= 0.3 is 0 Å². The number of terminal acetylenes is 1. The summed E-state index contributed by atoms with van der Waals surface area (Å²) >= 11 is 0. The molecule has 314 valence electrons. The fourth-order valence-electron chi connectivity index (χ4n) is 7.41. The lowest BCUT2D eigenvalue weighted by Crippen LogP contribution is -2.05. The zero-order valence-corrected chi connectivity index (χ0v) is 36.4. The van der Waals surface area contributed by atoms with Crippen molar-refractivity contribution in [1.82, 2.24) is 0 Å². The van der Waals surface area contributed by atoms with Gasteiger partial charge in [-0.1, -0.05) is 137 Å². The molecule has 0 saturated carbocycles. The van der Waals surface area contributed by atoms with Gasteiger partial charge in [0, 0.05) is 11.5 Å². The monoisotopic (exact) mass is 783 g/mol. The molecule has 0 unspecified atom stereocenters. The Morgan fingerprint density at radius 2 is 0.684 bits per heavy atom. The minimum atomic E-state index is 0.144. The van der Waals surface area contributed by atoms with E-state index in [1.54, 1.807) is 0 Å². The van der Waals surface area contributed by atoms with Crippen LogP contribution in [-0.2, 0) is 0 Å². The highest BCUT2D eigenvalue weighted by molar-refractivity contribution is 6.28. The molecule has 0 atom stereocenters.